The molecule has 6 N–H and O–H groups in total. The van der Waals surface area contributed by atoms with Crippen LogP contribution in [0.1, 0.15) is 24.0 Å². The van der Waals surface area contributed by atoms with Crippen LogP contribution < -0.4 is 5.73 Å². The third-order valence-corrected chi connectivity index (χ3v) is 5.50. The third-order valence-electron chi connectivity index (χ3n) is 5.24. The molecule has 7 nitrogen and oxygen atoms in total. The molecule has 152 valence electrons. The van der Waals surface area contributed by atoms with E-state index in [0.717, 1.165) is 0 Å². The van der Waals surface area contributed by atoms with Crippen LogP contribution in [0.4, 0.5) is 0 Å². The van der Waals surface area contributed by atoms with E-state index in [1.54, 1.807) is 66.5 Å². The van der Waals surface area contributed by atoms with Crippen molar-refractivity contribution in [1.82, 2.24) is 4.90 Å². The van der Waals surface area contributed by atoms with Crippen LogP contribution in [0, 0.1) is 0 Å². The van der Waals surface area contributed by atoms with Crippen molar-refractivity contribution in [1.29, 1.82) is 0 Å². The number of likely N-dealkylation sites (N-methyl/N-ethyl adjacent to an activating group) is 1. The number of hydrogen-bond donors (Lipinski definition) is 5. The molecule has 1 aliphatic rings. The largest absolute Gasteiger partial charge is 0.358 e. The first-order chi connectivity index (χ1) is 13.1. The molecule has 3 rings (SSSR count). The molecule has 2 atom stereocenters. The molecule has 0 radical (unpaired) electrons. The second-order valence-corrected chi connectivity index (χ2v) is 7.62. The molecular formula is C20H25ClN2O5. The maximum Gasteiger partial charge on any atom is 0.339 e. The van der Waals surface area contributed by atoms with E-state index in [9.17, 15) is 20.4 Å². The lowest BCUT2D eigenvalue weighted by Crippen LogP contribution is -2.68. The second kappa shape index (κ2) is 7.70. The number of hydrogen-bond acceptors (Lipinski definition) is 7. The normalized spacial score (nSPS) is 20.9. The molecule has 1 heterocycles. The number of rotatable bonds is 6. The lowest BCUT2D eigenvalue weighted by molar-refractivity contribution is -0.487. The highest BCUT2D eigenvalue weighted by molar-refractivity contribution is 6.30. The zero-order valence-corrected chi connectivity index (χ0v) is 16.3. The Morgan fingerprint density at radius 1 is 1.00 bits per heavy atom. The van der Waals surface area contributed by atoms with Crippen molar-refractivity contribution in [3.63, 3.8) is 0 Å². The van der Waals surface area contributed by atoms with Crippen molar-refractivity contribution >= 4 is 11.6 Å². The topological polar surface area (TPSA) is 119 Å². The van der Waals surface area contributed by atoms with Gasteiger partial charge in [0.2, 0.25) is 0 Å². The minimum Gasteiger partial charge on any atom is -0.358 e. The molecule has 0 saturated carbocycles. The summed E-state index contributed by atoms with van der Waals surface area (Å²) in [5.74, 6) is -6.34. The summed E-state index contributed by atoms with van der Waals surface area (Å²) in [6.07, 6.45) is 1.04. The summed E-state index contributed by atoms with van der Waals surface area (Å²) in [5.41, 5.74) is 5.34. The number of likely N-dealkylation sites (tertiary alicyclic amines) is 1. The summed E-state index contributed by atoms with van der Waals surface area (Å²) < 4.78 is 5.48. The Morgan fingerprint density at radius 2 is 1.57 bits per heavy atom. The highest BCUT2D eigenvalue weighted by Crippen LogP contribution is 2.38. The second-order valence-electron chi connectivity index (χ2n) is 7.18. The van der Waals surface area contributed by atoms with Crippen LogP contribution in [0.2, 0.25) is 5.02 Å². The predicted octanol–water partition coefficient (Wildman–Crippen LogP) is 0.930. The average molecular weight is 409 g/mol. The number of halogens is 1. The zero-order chi connectivity index (χ0) is 20.6. The Morgan fingerprint density at radius 3 is 2.11 bits per heavy atom. The van der Waals surface area contributed by atoms with E-state index in [2.05, 4.69) is 0 Å². The number of aliphatic hydroxyl groups is 4. The van der Waals surface area contributed by atoms with Crippen molar-refractivity contribution in [3.8, 4) is 0 Å². The number of nitrogens with zero attached hydrogens (tertiary/aromatic N) is 1. The highest BCUT2D eigenvalue weighted by atomic mass is 35.5. The van der Waals surface area contributed by atoms with Gasteiger partial charge in [0.1, 0.15) is 0 Å². The van der Waals surface area contributed by atoms with Gasteiger partial charge in [0.25, 0.3) is 5.79 Å². The third kappa shape index (κ3) is 3.80. The number of nitrogens with two attached hydrogens (primary N) is 1. The van der Waals surface area contributed by atoms with Crippen LogP contribution in [-0.4, -0.2) is 56.7 Å². The fraction of sp³-hybridized carbons (Fsp3) is 0.400. The molecule has 1 aliphatic heterocycles. The van der Waals surface area contributed by atoms with E-state index in [1.165, 1.54) is 0 Å². The highest BCUT2D eigenvalue weighted by Gasteiger charge is 2.59. The summed E-state index contributed by atoms with van der Waals surface area (Å²) >= 11 is 5.95. The molecule has 8 heteroatoms. The first-order valence-corrected chi connectivity index (χ1v) is 9.36. The van der Waals surface area contributed by atoms with Gasteiger partial charge in [0.05, 0.1) is 6.04 Å². The van der Waals surface area contributed by atoms with Crippen molar-refractivity contribution in [2.45, 2.75) is 36.4 Å². The lowest BCUT2D eigenvalue weighted by Gasteiger charge is -2.44. The minimum atomic E-state index is -3.36. The van der Waals surface area contributed by atoms with E-state index in [4.69, 9.17) is 22.1 Å². The van der Waals surface area contributed by atoms with Gasteiger partial charge in [0.15, 0.2) is 5.72 Å². The first kappa shape index (κ1) is 21.2. The average Bonchev–Trinajstić information content (AvgIpc) is 3.09. The van der Waals surface area contributed by atoms with Gasteiger partial charge in [-0.25, -0.2) is 0 Å². The fourth-order valence-corrected chi connectivity index (χ4v) is 3.73. The molecule has 0 bridgehead atoms. The van der Waals surface area contributed by atoms with Crippen molar-refractivity contribution < 1.29 is 25.2 Å². The Labute approximate surface area is 168 Å². The Balaban J connectivity index is 2.02. The van der Waals surface area contributed by atoms with Crippen molar-refractivity contribution in [2.24, 2.45) is 5.73 Å². The van der Waals surface area contributed by atoms with E-state index < -0.39 is 23.5 Å². The Hall–Kier alpha value is -1.55. The van der Waals surface area contributed by atoms with Gasteiger partial charge < -0.3 is 20.4 Å². The molecule has 2 aromatic carbocycles. The van der Waals surface area contributed by atoms with Crippen LogP contribution in [0.5, 0.6) is 0 Å². The first-order valence-electron chi connectivity index (χ1n) is 8.98. The summed E-state index contributed by atoms with van der Waals surface area (Å²) in [5, 5.41) is 43.0. The molecule has 1 saturated heterocycles. The van der Waals surface area contributed by atoms with Crippen LogP contribution in [0.3, 0.4) is 0 Å². The van der Waals surface area contributed by atoms with Gasteiger partial charge in [0, 0.05) is 16.1 Å². The molecule has 1 fully saturated rings. The maximum absolute atomic E-state index is 10.6. The van der Waals surface area contributed by atoms with Gasteiger partial charge in [-0.1, -0.05) is 54.1 Å². The molecule has 0 amide bonds. The SMILES string of the molecule is CN1CCCC1C(O)(O)C(O)(O)OC(N)(c1ccccc1)c1ccc(Cl)cc1. The smallest absolute Gasteiger partial charge is 0.339 e. The van der Waals surface area contributed by atoms with Crippen molar-refractivity contribution in [2.75, 3.05) is 13.6 Å². The zero-order valence-electron chi connectivity index (χ0n) is 15.5. The van der Waals surface area contributed by atoms with Crippen LogP contribution in [0.25, 0.3) is 0 Å². The van der Waals surface area contributed by atoms with Crippen LogP contribution in [0.15, 0.2) is 54.6 Å². The monoisotopic (exact) mass is 408 g/mol. The van der Waals surface area contributed by atoms with E-state index >= 15 is 0 Å². The van der Waals surface area contributed by atoms with E-state index in [-0.39, 0.29) is 0 Å². The van der Waals surface area contributed by atoms with Crippen molar-refractivity contribution in [3.05, 3.63) is 70.7 Å². The summed E-state index contributed by atoms with van der Waals surface area (Å²) in [7, 11) is 1.67. The quantitative estimate of drug-likeness (QED) is 0.451. The standard InChI is InChI=1S/C20H25ClN2O5/c1-23-13-5-8-17(23)19(24,25)20(26,27)28-18(22,14-6-3-2-4-7-14)15-9-11-16(21)12-10-15/h2-4,6-7,9-12,17,24-27H,5,8,13,22H2,1H3. The van der Waals surface area contributed by atoms with Gasteiger partial charge in [-0.3, -0.25) is 15.4 Å². The number of ether oxygens (including phenoxy) is 1. The molecule has 0 aromatic heterocycles. The van der Waals surface area contributed by atoms with Gasteiger partial charge in [-0.05, 0) is 38.6 Å². The molecule has 2 unspecified atom stereocenters. The summed E-state index contributed by atoms with van der Waals surface area (Å²) in [6, 6.07) is 13.8. The fourth-order valence-electron chi connectivity index (χ4n) is 3.60. The number of benzene rings is 2. The molecule has 2 aromatic rings. The van der Waals surface area contributed by atoms with Gasteiger partial charge >= 0.3 is 5.97 Å². The predicted molar refractivity (Wildman–Crippen MR) is 104 cm³/mol. The molecule has 0 aliphatic carbocycles. The lowest BCUT2D eigenvalue weighted by atomic mass is 9.94. The van der Waals surface area contributed by atoms with E-state index in [0.29, 0.717) is 35.5 Å². The minimum absolute atomic E-state index is 0.353. The summed E-state index contributed by atoms with van der Waals surface area (Å²) in [6.45, 7) is 0.591. The van der Waals surface area contributed by atoms with Crippen LogP contribution >= 0.6 is 11.6 Å². The molecule has 0 spiro atoms. The maximum atomic E-state index is 10.6. The molecular weight excluding hydrogens is 384 g/mol. The molecule has 28 heavy (non-hydrogen) atoms. The summed E-state index contributed by atoms with van der Waals surface area (Å²) in [4.78, 5) is 1.63. The Kier molecular flexibility index (Phi) is 5.82. The van der Waals surface area contributed by atoms with Crippen LogP contribution in [-0.2, 0) is 10.5 Å². The van der Waals surface area contributed by atoms with E-state index in [1.807, 2.05) is 0 Å². The Bertz CT molecular complexity index is 800. The van der Waals surface area contributed by atoms with Gasteiger partial charge in [-0.15, -0.1) is 0 Å². The van der Waals surface area contributed by atoms with Gasteiger partial charge in [-0.2, -0.15) is 0 Å².